The SMILES string of the molecule is CN1C(=O)COc2ccc(CCN3CCNCC3)cc21. The molecule has 5 nitrogen and oxygen atoms in total. The third-order valence-corrected chi connectivity index (χ3v) is 4.04. The number of ether oxygens (including phenoxy) is 1. The summed E-state index contributed by atoms with van der Waals surface area (Å²) in [4.78, 5) is 15.8. The van der Waals surface area contributed by atoms with Crippen molar-refractivity contribution < 1.29 is 9.53 Å². The van der Waals surface area contributed by atoms with Gasteiger partial charge in [-0.3, -0.25) is 4.79 Å². The molecule has 0 atom stereocenters. The topological polar surface area (TPSA) is 44.8 Å². The summed E-state index contributed by atoms with van der Waals surface area (Å²) in [7, 11) is 1.81. The molecule has 0 unspecified atom stereocenters. The minimum atomic E-state index is 0.0109. The minimum absolute atomic E-state index is 0.0109. The Morgan fingerprint density at radius 1 is 1.30 bits per heavy atom. The number of carbonyl (C=O) groups excluding carboxylic acids is 1. The van der Waals surface area contributed by atoms with Gasteiger partial charge in [-0.2, -0.15) is 0 Å². The van der Waals surface area contributed by atoms with Gasteiger partial charge in [0, 0.05) is 39.8 Å². The number of rotatable bonds is 3. The van der Waals surface area contributed by atoms with E-state index in [1.807, 2.05) is 13.1 Å². The quantitative estimate of drug-likeness (QED) is 0.872. The van der Waals surface area contributed by atoms with E-state index in [9.17, 15) is 4.79 Å². The molecule has 0 aromatic heterocycles. The van der Waals surface area contributed by atoms with Crippen molar-refractivity contribution in [2.75, 3.05) is 51.3 Å². The van der Waals surface area contributed by atoms with Crippen LogP contribution < -0.4 is 15.0 Å². The Kier molecular flexibility index (Phi) is 3.89. The molecule has 0 radical (unpaired) electrons. The van der Waals surface area contributed by atoms with Gasteiger partial charge in [-0.25, -0.2) is 0 Å². The van der Waals surface area contributed by atoms with Crippen LogP contribution in [0.5, 0.6) is 5.75 Å². The van der Waals surface area contributed by atoms with Crippen LogP contribution in [-0.2, 0) is 11.2 Å². The second-order valence-electron chi connectivity index (χ2n) is 5.39. The Balaban J connectivity index is 1.67. The number of piperazine rings is 1. The zero-order valence-electron chi connectivity index (χ0n) is 11.9. The number of fused-ring (bicyclic) bond motifs is 1. The molecular weight excluding hydrogens is 254 g/mol. The first-order valence-electron chi connectivity index (χ1n) is 7.19. The average molecular weight is 275 g/mol. The summed E-state index contributed by atoms with van der Waals surface area (Å²) in [5.74, 6) is 0.815. The summed E-state index contributed by atoms with van der Waals surface area (Å²) in [6, 6.07) is 6.16. The molecule has 5 heteroatoms. The van der Waals surface area contributed by atoms with E-state index in [0.29, 0.717) is 0 Å². The number of carbonyl (C=O) groups is 1. The van der Waals surface area contributed by atoms with Gasteiger partial charge in [0.25, 0.3) is 5.91 Å². The van der Waals surface area contributed by atoms with E-state index < -0.39 is 0 Å². The third-order valence-electron chi connectivity index (χ3n) is 4.04. The maximum Gasteiger partial charge on any atom is 0.264 e. The molecule has 0 aliphatic carbocycles. The second-order valence-corrected chi connectivity index (χ2v) is 5.39. The molecule has 0 bridgehead atoms. The highest BCUT2D eigenvalue weighted by atomic mass is 16.5. The minimum Gasteiger partial charge on any atom is -0.482 e. The standard InChI is InChI=1S/C15H21N3O2/c1-17-13-10-12(2-3-14(13)20-11-15(17)19)4-7-18-8-5-16-6-9-18/h2-3,10,16H,4-9,11H2,1H3. The number of nitrogens with one attached hydrogen (secondary N) is 1. The summed E-state index contributed by atoms with van der Waals surface area (Å²) in [6.07, 6.45) is 1.01. The van der Waals surface area contributed by atoms with Crippen molar-refractivity contribution in [2.24, 2.45) is 0 Å². The van der Waals surface area contributed by atoms with Gasteiger partial charge in [0.05, 0.1) is 5.69 Å². The molecule has 1 N–H and O–H groups in total. The molecule has 3 rings (SSSR count). The first-order valence-corrected chi connectivity index (χ1v) is 7.19. The molecule has 1 fully saturated rings. The van der Waals surface area contributed by atoms with E-state index >= 15 is 0 Å². The number of anilines is 1. The van der Waals surface area contributed by atoms with Gasteiger partial charge in [-0.15, -0.1) is 0 Å². The molecule has 2 aliphatic rings. The number of amides is 1. The van der Waals surface area contributed by atoms with Gasteiger partial charge >= 0.3 is 0 Å². The van der Waals surface area contributed by atoms with Gasteiger partial charge in [0.15, 0.2) is 6.61 Å². The Bertz CT molecular complexity index is 498. The maximum atomic E-state index is 11.7. The van der Waals surface area contributed by atoms with Crippen LogP contribution in [0.2, 0.25) is 0 Å². The van der Waals surface area contributed by atoms with E-state index in [4.69, 9.17) is 4.74 Å². The van der Waals surface area contributed by atoms with Crippen LogP contribution >= 0.6 is 0 Å². The van der Waals surface area contributed by atoms with Crippen LogP contribution in [0.3, 0.4) is 0 Å². The number of likely N-dealkylation sites (N-methyl/N-ethyl adjacent to an activating group) is 1. The maximum absolute atomic E-state index is 11.7. The molecule has 1 amide bonds. The number of hydrogen-bond donors (Lipinski definition) is 1. The van der Waals surface area contributed by atoms with Gasteiger partial charge < -0.3 is 19.9 Å². The smallest absolute Gasteiger partial charge is 0.264 e. The summed E-state index contributed by atoms with van der Waals surface area (Å²) in [6.45, 7) is 5.60. The molecule has 108 valence electrons. The third kappa shape index (κ3) is 2.78. The first kappa shape index (κ1) is 13.4. The van der Waals surface area contributed by atoms with Crippen molar-refractivity contribution >= 4 is 11.6 Å². The predicted octanol–water partition coefficient (Wildman–Crippen LogP) is 0.489. The van der Waals surface area contributed by atoms with Crippen molar-refractivity contribution in [2.45, 2.75) is 6.42 Å². The molecule has 1 aromatic rings. The van der Waals surface area contributed by atoms with Crippen molar-refractivity contribution in [3.05, 3.63) is 23.8 Å². The summed E-state index contributed by atoms with van der Waals surface area (Å²) < 4.78 is 5.45. The van der Waals surface area contributed by atoms with E-state index in [1.165, 1.54) is 5.56 Å². The van der Waals surface area contributed by atoms with E-state index in [0.717, 1.165) is 50.6 Å². The molecule has 0 saturated carbocycles. The number of hydrogen-bond acceptors (Lipinski definition) is 4. The van der Waals surface area contributed by atoms with Crippen molar-refractivity contribution in [3.8, 4) is 5.75 Å². The largest absolute Gasteiger partial charge is 0.482 e. The fourth-order valence-corrected chi connectivity index (χ4v) is 2.70. The second kappa shape index (κ2) is 5.81. The molecule has 1 aromatic carbocycles. The molecule has 2 aliphatic heterocycles. The molecule has 0 spiro atoms. The zero-order chi connectivity index (χ0) is 13.9. The summed E-state index contributed by atoms with van der Waals surface area (Å²) >= 11 is 0. The lowest BCUT2D eigenvalue weighted by atomic mass is 10.1. The van der Waals surface area contributed by atoms with Gasteiger partial charge in [-0.1, -0.05) is 6.07 Å². The van der Waals surface area contributed by atoms with E-state index in [1.54, 1.807) is 4.90 Å². The average Bonchev–Trinajstić information content (AvgIpc) is 2.50. The molecule has 2 heterocycles. The molecular formula is C15H21N3O2. The normalized spacial score (nSPS) is 19.6. The molecule has 1 saturated heterocycles. The lowest BCUT2D eigenvalue weighted by Crippen LogP contribution is -2.44. The zero-order valence-corrected chi connectivity index (χ0v) is 11.9. The first-order chi connectivity index (χ1) is 9.74. The van der Waals surface area contributed by atoms with Crippen molar-refractivity contribution in [3.63, 3.8) is 0 Å². The Morgan fingerprint density at radius 2 is 2.10 bits per heavy atom. The monoisotopic (exact) mass is 275 g/mol. The van der Waals surface area contributed by atoms with Crippen LogP contribution in [0.1, 0.15) is 5.56 Å². The highest BCUT2D eigenvalue weighted by Crippen LogP contribution is 2.32. The van der Waals surface area contributed by atoms with Crippen molar-refractivity contribution in [1.29, 1.82) is 0 Å². The number of nitrogens with zero attached hydrogens (tertiary/aromatic N) is 2. The van der Waals surface area contributed by atoms with Crippen LogP contribution in [0, 0.1) is 0 Å². The highest BCUT2D eigenvalue weighted by Gasteiger charge is 2.22. The Hall–Kier alpha value is -1.59. The van der Waals surface area contributed by atoms with Crippen LogP contribution in [0.4, 0.5) is 5.69 Å². The Labute approximate surface area is 119 Å². The van der Waals surface area contributed by atoms with E-state index in [-0.39, 0.29) is 12.5 Å². The van der Waals surface area contributed by atoms with Crippen LogP contribution in [-0.4, -0.2) is 57.2 Å². The fourth-order valence-electron chi connectivity index (χ4n) is 2.70. The van der Waals surface area contributed by atoms with Crippen molar-refractivity contribution in [1.82, 2.24) is 10.2 Å². The summed E-state index contributed by atoms with van der Waals surface area (Å²) in [5, 5.41) is 3.36. The predicted molar refractivity (Wildman–Crippen MR) is 78.4 cm³/mol. The lowest BCUT2D eigenvalue weighted by molar-refractivity contribution is -0.120. The summed E-state index contributed by atoms with van der Waals surface area (Å²) in [5.41, 5.74) is 2.14. The highest BCUT2D eigenvalue weighted by molar-refractivity contribution is 5.97. The van der Waals surface area contributed by atoms with Gasteiger partial charge in [-0.05, 0) is 24.1 Å². The van der Waals surface area contributed by atoms with Crippen LogP contribution in [0.25, 0.3) is 0 Å². The lowest BCUT2D eigenvalue weighted by Gasteiger charge is -2.28. The number of benzene rings is 1. The van der Waals surface area contributed by atoms with Gasteiger partial charge in [0.2, 0.25) is 0 Å². The molecule has 20 heavy (non-hydrogen) atoms. The van der Waals surface area contributed by atoms with E-state index in [2.05, 4.69) is 22.3 Å². The van der Waals surface area contributed by atoms with Gasteiger partial charge in [0.1, 0.15) is 5.75 Å². The Morgan fingerprint density at radius 3 is 2.90 bits per heavy atom. The van der Waals surface area contributed by atoms with Crippen LogP contribution in [0.15, 0.2) is 18.2 Å². The fraction of sp³-hybridized carbons (Fsp3) is 0.533.